The molecule has 0 unspecified atom stereocenters. The molecule has 98 valence electrons. The van der Waals surface area contributed by atoms with Crippen molar-refractivity contribution in [1.82, 2.24) is 0 Å². The SMILES string of the molecule is COc1ccsc1OC(=O)c1ccc(C(=O)O)cc1. The van der Waals surface area contributed by atoms with E-state index in [2.05, 4.69) is 0 Å². The zero-order valence-corrected chi connectivity index (χ0v) is 10.8. The van der Waals surface area contributed by atoms with Crippen LogP contribution >= 0.6 is 11.3 Å². The first-order valence-corrected chi connectivity index (χ1v) is 6.17. The highest BCUT2D eigenvalue weighted by Gasteiger charge is 2.14. The van der Waals surface area contributed by atoms with Crippen LogP contribution in [0.4, 0.5) is 0 Å². The number of methoxy groups -OCH3 is 1. The molecule has 1 aromatic carbocycles. The van der Waals surface area contributed by atoms with E-state index in [1.807, 2.05) is 0 Å². The highest BCUT2D eigenvalue weighted by Crippen LogP contribution is 2.33. The molecule has 1 aromatic heterocycles. The maximum atomic E-state index is 11.8. The van der Waals surface area contributed by atoms with Crippen molar-refractivity contribution in [3.05, 3.63) is 46.8 Å². The molecule has 5 nitrogen and oxygen atoms in total. The molecule has 0 amide bonds. The number of aromatic carboxylic acids is 1. The molecule has 0 saturated carbocycles. The van der Waals surface area contributed by atoms with Gasteiger partial charge in [0, 0.05) is 0 Å². The Morgan fingerprint density at radius 1 is 1.11 bits per heavy atom. The predicted molar refractivity (Wildman–Crippen MR) is 69.2 cm³/mol. The van der Waals surface area contributed by atoms with E-state index >= 15 is 0 Å². The van der Waals surface area contributed by atoms with Crippen LogP contribution in [-0.4, -0.2) is 24.2 Å². The molecule has 0 aliphatic carbocycles. The lowest BCUT2D eigenvalue weighted by Gasteiger charge is -2.04. The normalized spacial score (nSPS) is 9.95. The number of thiophene rings is 1. The summed E-state index contributed by atoms with van der Waals surface area (Å²) in [5.41, 5.74) is 0.394. The molecule has 2 rings (SSSR count). The number of ether oxygens (including phenoxy) is 2. The van der Waals surface area contributed by atoms with E-state index < -0.39 is 11.9 Å². The fourth-order valence-electron chi connectivity index (χ4n) is 1.40. The topological polar surface area (TPSA) is 72.8 Å². The lowest BCUT2D eigenvalue weighted by Crippen LogP contribution is -2.08. The summed E-state index contributed by atoms with van der Waals surface area (Å²) in [6.45, 7) is 0. The van der Waals surface area contributed by atoms with Crippen LogP contribution < -0.4 is 9.47 Å². The fourth-order valence-corrected chi connectivity index (χ4v) is 2.11. The smallest absolute Gasteiger partial charge is 0.344 e. The van der Waals surface area contributed by atoms with Gasteiger partial charge in [-0.15, -0.1) is 11.3 Å². The zero-order chi connectivity index (χ0) is 13.8. The van der Waals surface area contributed by atoms with Gasteiger partial charge in [0.15, 0.2) is 5.75 Å². The fraction of sp³-hybridized carbons (Fsp3) is 0.0769. The minimum atomic E-state index is -1.04. The first kappa shape index (κ1) is 13.1. The molecular weight excluding hydrogens is 268 g/mol. The maximum absolute atomic E-state index is 11.8. The number of carboxylic acids is 1. The van der Waals surface area contributed by atoms with Gasteiger partial charge < -0.3 is 14.6 Å². The van der Waals surface area contributed by atoms with Gasteiger partial charge in [-0.2, -0.15) is 0 Å². The Morgan fingerprint density at radius 2 is 1.74 bits per heavy atom. The Kier molecular flexibility index (Phi) is 3.82. The van der Waals surface area contributed by atoms with Crippen molar-refractivity contribution in [3.8, 4) is 10.8 Å². The third kappa shape index (κ3) is 2.92. The van der Waals surface area contributed by atoms with E-state index in [4.69, 9.17) is 14.6 Å². The monoisotopic (exact) mass is 278 g/mol. The quantitative estimate of drug-likeness (QED) is 0.870. The molecule has 19 heavy (non-hydrogen) atoms. The zero-order valence-electron chi connectivity index (χ0n) is 9.95. The lowest BCUT2D eigenvalue weighted by molar-refractivity contribution is 0.0692. The van der Waals surface area contributed by atoms with Crippen molar-refractivity contribution in [3.63, 3.8) is 0 Å². The number of carboxylic acid groups (broad SMARTS) is 1. The van der Waals surface area contributed by atoms with Crippen LogP contribution in [0.2, 0.25) is 0 Å². The van der Waals surface area contributed by atoms with Crippen LogP contribution in [0.5, 0.6) is 10.8 Å². The van der Waals surface area contributed by atoms with E-state index in [1.165, 1.54) is 42.7 Å². The molecular formula is C13H10O5S. The Balaban J connectivity index is 2.14. The molecule has 1 heterocycles. The van der Waals surface area contributed by atoms with Crippen LogP contribution in [0.3, 0.4) is 0 Å². The largest absolute Gasteiger partial charge is 0.492 e. The third-order valence-corrected chi connectivity index (χ3v) is 3.14. The van der Waals surface area contributed by atoms with Gasteiger partial charge in [0.2, 0.25) is 5.06 Å². The Labute approximate surface area is 113 Å². The standard InChI is InChI=1S/C13H10O5S/c1-17-10-6-7-19-13(10)18-12(16)9-4-2-8(3-5-9)11(14)15/h2-7H,1H3,(H,14,15). The summed E-state index contributed by atoms with van der Waals surface area (Å²) in [4.78, 5) is 22.5. The molecule has 0 atom stereocenters. The second kappa shape index (κ2) is 5.53. The van der Waals surface area contributed by atoms with Gasteiger partial charge in [0.05, 0.1) is 18.2 Å². The van der Waals surface area contributed by atoms with Crippen LogP contribution in [0.1, 0.15) is 20.7 Å². The average Bonchev–Trinajstić information content (AvgIpc) is 2.86. The number of hydrogen-bond donors (Lipinski definition) is 1. The summed E-state index contributed by atoms with van der Waals surface area (Å²) in [6, 6.07) is 7.22. The van der Waals surface area contributed by atoms with Gasteiger partial charge >= 0.3 is 11.9 Å². The summed E-state index contributed by atoms with van der Waals surface area (Å²) in [6.07, 6.45) is 0. The highest BCUT2D eigenvalue weighted by molar-refractivity contribution is 7.12. The molecule has 0 bridgehead atoms. The first-order chi connectivity index (χ1) is 9.11. The van der Waals surface area contributed by atoms with E-state index in [-0.39, 0.29) is 11.1 Å². The molecule has 2 aromatic rings. The van der Waals surface area contributed by atoms with E-state index in [1.54, 1.807) is 11.4 Å². The maximum Gasteiger partial charge on any atom is 0.344 e. The second-order valence-corrected chi connectivity index (χ2v) is 4.43. The summed E-state index contributed by atoms with van der Waals surface area (Å²) in [5, 5.41) is 10.9. The van der Waals surface area contributed by atoms with Crippen molar-refractivity contribution in [1.29, 1.82) is 0 Å². The van der Waals surface area contributed by atoms with Crippen LogP contribution in [-0.2, 0) is 0 Å². The van der Waals surface area contributed by atoms with E-state index in [0.717, 1.165) is 0 Å². The molecule has 0 spiro atoms. The molecule has 6 heteroatoms. The molecule has 1 N–H and O–H groups in total. The predicted octanol–water partition coefficient (Wildman–Crippen LogP) is 2.67. The van der Waals surface area contributed by atoms with Gasteiger partial charge in [0.25, 0.3) is 0 Å². The number of hydrogen-bond acceptors (Lipinski definition) is 5. The summed E-state index contributed by atoms with van der Waals surface area (Å²) < 4.78 is 10.2. The number of carbonyl (C=O) groups is 2. The second-order valence-electron chi connectivity index (χ2n) is 3.55. The summed E-state index contributed by atoms with van der Waals surface area (Å²) in [5.74, 6) is -1.11. The molecule has 0 saturated heterocycles. The molecule has 0 fully saturated rings. The van der Waals surface area contributed by atoms with Crippen molar-refractivity contribution >= 4 is 23.3 Å². The summed E-state index contributed by atoms with van der Waals surface area (Å²) >= 11 is 1.24. The first-order valence-electron chi connectivity index (χ1n) is 5.29. The number of rotatable bonds is 4. The van der Waals surface area contributed by atoms with Gasteiger partial charge in [0.1, 0.15) is 0 Å². The van der Waals surface area contributed by atoms with Crippen LogP contribution in [0.15, 0.2) is 35.7 Å². The average molecular weight is 278 g/mol. The summed E-state index contributed by atoms with van der Waals surface area (Å²) in [7, 11) is 1.49. The minimum absolute atomic E-state index is 0.116. The van der Waals surface area contributed by atoms with Crippen molar-refractivity contribution in [2.24, 2.45) is 0 Å². The number of carbonyl (C=O) groups excluding carboxylic acids is 1. The molecule has 0 radical (unpaired) electrons. The number of benzene rings is 1. The van der Waals surface area contributed by atoms with Gasteiger partial charge in [-0.25, -0.2) is 9.59 Å². The Morgan fingerprint density at radius 3 is 2.32 bits per heavy atom. The molecule has 0 aliphatic heterocycles. The van der Waals surface area contributed by atoms with Gasteiger partial charge in [-0.3, -0.25) is 0 Å². The van der Waals surface area contributed by atoms with E-state index in [9.17, 15) is 9.59 Å². The Hall–Kier alpha value is -2.34. The minimum Gasteiger partial charge on any atom is -0.492 e. The van der Waals surface area contributed by atoms with Crippen molar-refractivity contribution < 1.29 is 24.2 Å². The van der Waals surface area contributed by atoms with Crippen LogP contribution in [0, 0.1) is 0 Å². The number of esters is 1. The Bertz CT molecular complexity index is 600. The van der Waals surface area contributed by atoms with E-state index in [0.29, 0.717) is 10.8 Å². The van der Waals surface area contributed by atoms with Crippen LogP contribution in [0.25, 0.3) is 0 Å². The van der Waals surface area contributed by atoms with Gasteiger partial charge in [-0.05, 0) is 35.7 Å². The van der Waals surface area contributed by atoms with Crippen molar-refractivity contribution in [2.45, 2.75) is 0 Å². The van der Waals surface area contributed by atoms with Crippen molar-refractivity contribution in [2.75, 3.05) is 7.11 Å². The molecule has 0 aliphatic rings. The van der Waals surface area contributed by atoms with Gasteiger partial charge in [-0.1, -0.05) is 0 Å². The highest BCUT2D eigenvalue weighted by atomic mass is 32.1. The lowest BCUT2D eigenvalue weighted by atomic mass is 10.1. The third-order valence-electron chi connectivity index (χ3n) is 2.37.